The molecule has 3 heterocycles. The third-order valence-electron chi connectivity index (χ3n) is 5.89. The first-order valence-electron chi connectivity index (χ1n) is 10.5. The lowest BCUT2D eigenvalue weighted by Gasteiger charge is -2.23. The summed E-state index contributed by atoms with van der Waals surface area (Å²) in [5, 5.41) is -0.466. The average Bonchev–Trinajstić information content (AvgIpc) is 3.57. The minimum absolute atomic E-state index is 0.103. The van der Waals surface area contributed by atoms with E-state index in [1.54, 1.807) is 18.2 Å². The highest BCUT2D eigenvalue weighted by Crippen LogP contribution is 2.35. The SMILES string of the molecule is Nc1ncc(-c2ccc3nc(N)n(S(=O)(=O)C4CC4)c3c2)cc1S(=O)(=O)NC1CCOCC1. The van der Waals surface area contributed by atoms with Gasteiger partial charge in [-0.3, -0.25) is 0 Å². The number of benzene rings is 1. The molecule has 0 spiro atoms. The lowest BCUT2D eigenvalue weighted by atomic mass is 10.1. The Bertz CT molecular complexity index is 1440. The number of anilines is 2. The van der Waals surface area contributed by atoms with Crippen LogP contribution >= 0.6 is 0 Å². The molecule has 3 aromatic rings. The van der Waals surface area contributed by atoms with E-state index in [0.717, 1.165) is 3.97 Å². The van der Waals surface area contributed by atoms with Crippen LogP contribution in [0.3, 0.4) is 0 Å². The van der Waals surface area contributed by atoms with Crippen molar-refractivity contribution in [1.82, 2.24) is 18.7 Å². The highest BCUT2D eigenvalue weighted by molar-refractivity contribution is 7.91. The maximum Gasteiger partial charge on any atom is 0.244 e. The molecule has 2 fully saturated rings. The average molecular weight is 493 g/mol. The molecule has 0 radical (unpaired) electrons. The summed E-state index contributed by atoms with van der Waals surface area (Å²) in [6, 6.07) is 6.16. The summed E-state index contributed by atoms with van der Waals surface area (Å²) in [5.74, 6) is -0.224. The Morgan fingerprint density at radius 2 is 1.73 bits per heavy atom. The number of fused-ring (bicyclic) bond motifs is 1. The second kappa shape index (κ2) is 7.94. The number of aromatic nitrogens is 3. The van der Waals surface area contributed by atoms with Crippen LogP contribution < -0.4 is 16.2 Å². The summed E-state index contributed by atoms with van der Waals surface area (Å²) in [7, 11) is -7.58. The van der Waals surface area contributed by atoms with Crippen molar-refractivity contribution in [2.45, 2.75) is 41.9 Å². The van der Waals surface area contributed by atoms with E-state index in [1.807, 2.05) is 0 Å². The van der Waals surface area contributed by atoms with Crippen molar-refractivity contribution in [3.05, 3.63) is 30.5 Å². The molecule has 13 heteroatoms. The molecule has 11 nitrogen and oxygen atoms in total. The largest absolute Gasteiger partial charge is 0.383 e. The third kappa shape index (κ3) is 4.05. The molecule has 0 bridgehead atoms. The van der Waals surface area contributed by atoms with Crippen molar-refractivity contribution in [1.29, 1.82) is 0 Å². The second-order valence-corrected chi connectivity index (χ2v) is 12.0. The smallest absolute Gasteiger partial charge is 0.244 e. The summed E-state index contributed by atoms with van der Waals surface area (Å²) < 4.78 is 60.8. The van der Waals surface area contributed by atoms with Crippen molar-refractivity contribution in [3.63, 3.8) is 0 Å². The first kappa shape index (κ1) is 22.1. The van der Waals surface area contributed by atoms with Gasteiger partial charge in [0.1, 0.15) is 10.7 Å². The monoisotopic (exact) mass is 492 g/mol. The molecule has 2 aliphatic rings. The van der Waals surface area contributed by atoms with Gasteiger partial charge in [-0.05, 0) is 49.4 Å². The van der Waals surface area contributed by atoms with Gasteiger partial charge in [-0.15, -0.1) is 0 Å². The summed E-state index contributed by atoms with van der Waals surface area (Å²) in [6.45, 7) is 0.975. The van der Waals surface area contributed by atoms with Gasteiger partial charge in [-0.25, -0.2) is 35.5 Å². The number of rotatable bonds is 6. The highest BCUT2D eigenvalue weighted by Gasteiger charge is 2.39. The van der Waals surface area contributed by atoms with Crippen molar-refractivity contribution in [3.8, 4) is 11.1 Å². The van der Waals surface area contributed by atoms with E-state index in [1.165, 1.54) is 12.3 Å². The number of hydrogen-bond acceptors (Lipinski definition) is 9. The molecule has 1 aliphatic carbocycles. The normalized spacial score (nSPS) is 18.1. The maximum absolute atomic E-state index is 13.0. The number of sulfonamides is 1. The number of imidazole rings is 1. The van der Waals surface area contributed by atoms with E-state index in [4.69, 9.17) is 16.2 Å². The molecule has 0 unspecified atom stereocenters. The van der Waals surface area contributed by atoms with Gasteiger partial charge in [0.15, 0.2) is 0 Å². The third-order valence-corrected chi connectivity index (χ3v) is 9.64. The van der Waals surface area contributed by atoms with E-state index in [-0.39, 0.29) is 22.7 Å². The van der Waals surface area contributed by atoms with Crippen molar-refractivity contribution >= 4 is 42.8 Å². The first-order chi connectivity index (χ1) is 15.7. The van der Waals surface area contributed by atoms with E-state index in [0.29, 0.717) is 61.1 Å². The number of pyridine rings is 1. The molecule has 1 saturated carbocycles. The van der Waals surface area contributed by atoms with Crippen LogP contribution in [-0.4, -0.2) is 55.3 Å². The minimum Gasteiger partial charge on any atom is -0.383 e. The Balaban J connectivity index is 1.55. The zero-order chi connectivity index (χ0) is 23.4. The zero-order valence-electron chi connectivity index (χ0n) is 17.6. The quantitative estimate of drug-likeness (QED) is 0.455. The zero-order valence-corrected chi connectivity index (χ0v) is 19.3. The molecular formula is C20H24N6O5S2. The predicted molar refractivity (Wildman–Crippen MR) is 123 cm³/mol. The van der Waals surface area contributed by atoms with E-state index in [2.05, 4.69) is 14.7 Å². The molecule has 33 heavy (non-hydrogen) atoms. The Kier molecular flexibility index (Phi) is 5.31. The van der Waals surface area contributed by atoms with E-state index >= 15 is 0 Å². The summed E-state index contributed by atoms with van der Waals surface area (Å²) in [5.41, 5.74) is 13.6. The molecule has 1 saturated heterocycles. The van der Waals surface area contributed by atoms with Crippen LogP contribution in [0.5, 0.6) is 0 Å². The van der Waals surface area contributed by atoms with Crippen LogP contribution in [0.15, 0.2) is 35.4 Å². The van der Waals surface area contributed by atoms with Crippen LogP contribution in [0.2, 0.25) is 0 Å². The van der Waals surface area contributed by atoms with E-state index < -0.39 is 25.3 Å². The number of nitrogens with two attached hydrogens (primary N) is 2. The Morgan fingerprint density at radius 1 is 1.00 bits per heavy atom. The highest BCUT2D eigenvalue weighted by atomic mass is 32.2. The number of ether oxygens (including phenoxy) is 1. The van der Waals surface area contributed by atoms with Crippen LogP contribution in [-0.2, 0) is 24.8 Å². The second-order valence-electron chi connectivity index (χ2n) is 8.30. The van der Waals surface area contributed by atoms with Crippen molar-refractivity contribution in [2.24, 2.45) is 0 Å². The Morgan fingerprint density at radius 3 is 2.42 bits per heavy atom. The molecule has 5 N–H and O–H groups in total. The van der Waals surface area contributed by atoms with Gasteiger partial charge in [0, 0.05) is 31.0 Å². The standard InChI is InChI=1S/C20H24N6O5S2/c21-19-18(32(27,28)25-14-5-7-31-8-6-14)10-13(11-23-19)12-1-4-16-17(9-12)26(20(22)24-16)33(29,30)15-2-3-15/h1,4,9-11,14-15,25H,2-3,5-8H2,(H2,21,23)(H2,22,24). The fraction of sp³-hybridized carbons (Fsp3) is 0.400. The van der Waals surface area contributed by atoms with Crippen LogP contribution in [0.1, 0.15) is 25.7 Å². The lowest BCUT2D eigenvalue weighted by molar-refractivity contribution is 0.0832. The Labute approximate surface area is 191 Å². The number of nitrogens with one attached hydrogen (secondary N) is 1. The van der Waals surface area contributed by atoms with Gasteiger partial charge in [0.25, 0.3) is 0 Å². The molecule has 5 rings (SSSR count). The maximum atomic E-state index is 13.0. The minimum atomic E-state index is -3.92. The van der Waals surface area contributed by atoms with Gasteiger partial charge < -0.3 is 16.2 Å². The van der Waals surface area contributed by atoms with Crippen LogP contribution in [0.4, 0.5) is 11.8 Å². The van der Waals surface area contributed by atoms with Gasteiger partial charge in [0.05, 0.1) is 16.3 Å². The van der Waals surface area contributed by atoms with Gasteiger partial charge in [0.2, 0.25) is 26.0 Å². The molecule has 0 atom stereocenters. The van der Waals surface area contributed by atoms with Crippen molar-refractivity contribution < 1.29 is 21.6 Å². The molecule has 0 amide bonds. The molecular weight excluding hydrogens is 468 g/mol. The Hall–Kier alpha value is -2.74. The molecule has 1 aromatic carbocycles. The van der Waals surface area contributed by atoms with Gasteiger partial charge in [-0.2, -0.15) is 0 Å². The lowest BCUT2D eigenvalue weighted by Crippen LogP contribution is -2.39. The molecule has 1 aliphatic heterocycles. The first-order valence-corrected chi connectivity index (χ1v) is 13.5. The van der Waals surface area contributed by atoms with Crippen LogP contribution in [0, 0.1) is 0 Å². The summed E-state index contributed by atoms with van der Waals surface area (Å²) >= 11 is 0. The topological polar surface area (TPSA) is 172 Å². The van der Waals surface area contributed by atoms with Gasteiger partial charge in [-0.1, -0.05) is 6.07 Å². The molecule has 176 valence electrons. The van der Waals surface area contributed by atoms with Crippen LogP contribution in [0.25, 0.3) is 22.2 Å². The van der Waals surface area contributed by atoms with E-state index in [9.17, 15) is 16.8 Å². The van der Waals surface area contributed by atoms with Crippen molar-refractivity contribution in [2.75, 3.05) is 24.7 Å². The number of nitrogen functional groups attached to an aromatic ring is 2. The fourth-order valence-corrected chi connectivity index (χ4v) is 7.13. The predicted octanol–water partition coefficient (Wildman–Crippen LogP) is 1.06. The number of nitrogens with zero attached hydrogens (tertiary/aromatic N) is 3. The summed E-state index contributed by atoms with van der Waals surface area (Å²) in [4.78, 5) is 8.11. The number of hydrogen-bond donors (Lipinski definition) is 3. The fourth-order valence-electron chi connectivity index (χ4n) is 3.96. The summed E-state index contributed by atoms with van der Waals surface area (Å²) in [6.07, 6.45) is 3.77. The molecule has 2 aromatic heterocycles. The van der Waals surface area contributed by atoms with Gasteiger partial charge >= 0.3 is 0 Å².